The fourth-order valence-electron chi connectivity index (χ4n) is 2.34. The third-order valence-corrected chi connectivity index (χ3v) is 3.50. The Kier molecular flexibility index (Phi) is 4.94. The van der Waals surface area contributed by atoms with Crippen LogP contribution in [0.15, 0.2) is 54.6 Å². The first kappa shape index (κ1) is 14.3. The lowest BCUT2D eigenvalue weighted by molar-refractivity contribution is -0.137. The largest absolute Gasteiger partial charge is 0.481 e. The number of carbonyl (C=O) groups is 1. The molecule has 0 aliphatic heterocycles. The molecule has 0 bridgehead atoms. The van der Waals surface area contributed by atoms with Gasteiger partial charge in [0, 0.05) is 6.42 Å². The second-order valence-electron chi connectivity index (χ2n) is 5.30. The molecule has 104 valence electrons. The minimum absolute atomic E-state index is 0.253. The molecule has 0 radical (unpaired) electrons. The van der Waals surface area contributed by atoms with Gasteiger partial charge in [-0.15, -0.1) is 0 Å². The van der Waals surface area contributed by atoms with Crippen LogP contribution < -0.4 is 0 Å². The van der Waals surface area contributed by atoms with E-state index in [-0.39, 0.29) is 6.42 Å². The number of rotatable bonds is 6. The molecule has 2 nitrogen and oxygen atoms in total. The van der Waals surface area contributed by atoms with Crippen LogP contribution in [0.2, 0.25) is 0 Å². The summed E-state index contributed by atoms with van der Waals surface area (Å²) in [7, 11) is 0. The SMILES string of the molecule is C[C@@H](CCC(=O)O)Cc1ccc(-c2ccccc2)cc1. The van der Waals surface area contributed by atoms with Gasteiger partial charge in [-0.2, -0.15) is 0 Å². The van der Waals surface area contributed by atoms with Gasteiger partial charge in [0.1, 0.15) is 0 Å². The van der Waals surface area contributed by atoms with Crippen molar-refractivity contribution in [2.45, 2.75) is 26.2 Å². The van der Waals surface area contributed by atoms with Crippen molar-refractivity contribution in [3.8, 4) is 11.1 Å². The maximum absolute atomic E-state index is 10.6. The van der Waals surface area contributed by atoms with Crippen molar-refractivity contribution in [3.63, 3.8) is 0 Å². The summed E-state index contributed by atoms with van der Waals surface area (Å²) >= 11 is 0. The summed E-state index contributed by atoms with van der Waals surface area (Å²) < 4.78 is 0. The van der Waals surface area contributed by atoms with E-state index in [9.17, 15) is 4.79 Å². The predicted molar refractivity (Wildman–Crippen MR) is 81.6 cm³/mol. The zero-order valence-electron chi connectivity index (χ0n) is 11.8. The number of aliphatic carboxylic acids is 1. The highest BCUT2D eigenvalue weighted by Gasteiger charge is 2.07. The maximum Gasteiger partial charge on any atom is 0.303 e. The van der Waals surface area contributed by atoms with Crippen molar-refractivity contribution < 1.29 is 9.90 Å². The van der Waals surface area contributed by atoms with Crippen LogP contribution >= 0.6 is 0 Å². The molecule has 0 saturated heterocycles. The average molecular weight is 268 g/mol. The van der Waals surface area contributed by atoms with Crippen molar-refractivity contribution in [1.82, 2.24) is 0 Å². The van der Waals surface area contributed by atoms with E-state index in [1.807, 2.05) is 18.2 Å². The van der Waals surface area contributed by atoms with Crippen LogP contribution in [-0.4, -0.2) is 11.1 Å². The van der Waals surface area contributed by atoms with Crippen molar-refractivity contribution >= 4 is 5.97 Å². The Morgan fingerprint density at radius 3 is 2.20 bits per heavy atom. The van der Waals surface area contributed by atoms with Crippen molar-refractivity contribution in [2.24, 2.45) is 5.92 Å². The molecule has 0 aliphatic rings. The third-order valence-electron chi connectivity index (χ3n) is 3.50. The second-order valence-corrected chi connectivity index (χ2v) is 5.30. The molecular formula is C18H20O2. The summed E-state index contributed by atoms with van der Waals surface area (Å²) in [4.78, 5) is 10.6. The van der Waals surface area contributed by atoms with E-state index < -0.39 is 5.97 Å². The van der Waals surface area contributed by atoms with E-state index in [2.05, 4.69) is 43.3 Å². The molecule has 2 aromatic rings. The number of carboxylic acids is 1. The van der Waals surface area contributed by atoms with Gasteiger partial charge in [-0.1, -0.05) is 61.5 Å². The van der Waals surface area contributed by atoms with Gasteiger partial charge in [0.2, 0.25) is 0 Å². The molecule has 0 saturated carbocycles. The van der Waals surface area contributed by atoms with Gasteiger partial charge in [0.15, 0.2) is 0 Å². The quantitative estimate of drug-likeness (QED) is 0.843. The molecule has 0 unspecified atom stereocenters. The van der Waals surface area contributed by atoms with Gasteiger partial charge in [-0.05, 0) is 35.4 Å². The van der Waals surface area contributed by atoms with E-state index in [0.29, 0.717) is 5.92 Å². The molecule has 0 amide bonds. The van der Waals surface area contributed by atoms with Crippen LogP contribution in [0.3, 0.4) is 0 Å². The molecule has 0 fully saturated rings. The lowest BCUT2D eigenvalue weighted by atomic mass is 9.95. The standard InChI is InChI=1S/C18H20O2/c1-14(7-12-18(19)20)13-15-8-10-17(11-9-15)16-5-3-2-4-6-16/h2-6,8-11,14H,7,12-13H2,1H3,(H,19,20)/t14-/m0/s1. The fraction of sp³-hybridized carbons (Fsp3) is 0.278. The Morgan fingerprint density at radius 2 is 1.60 bits per heavy atom. The van der Waals surface area contributed by atoms with Crippen LogP contribution in [0, 0.1) is 5.92 Å². The fourth-order valence-corrected chi connectivity index (χ4v) is 2.34. The number of carboxylic acid groups (broad SMARTS) is 1. The Hall–Kier alpha value is -2.09. The topological polar surface area (TPSA) is 37.3 Å². The molecule has 1 N–H and O–H groups in total. The number of benzene rings is 2. The minimum Gasteiger partial charge on any atom is -0.481 e. The normalized spacial score (nSPS) is 12.1. The Balaban J connectivity index is 1.96. The number of hydrogen-bond donors (Lipinski definition) is 1. The van der Waals surface area contributed by atoms with Gasteiger partial charge < -0.3 is 5.11 Å². The van der Waals surface area contributed by atoms with Crippen LogP contribution in [0.5, 0.6) is 0 Å². The van der Waals surface area contributed by atoms with Gasteiger partial charge in [-0.25, -0.2) is 0 Å². The van der Waals surface area contributed by atoms with Gasteiger partial charge in [0.05, 0.1) is 0 Å². The van der Waals surface area contributed by atoms with E-state index in [4.69, 9.17) is 5.11 Å². The maximum atomic E-state index is 10.6. The van der Waals surface area contributed by atoms with Crippen molar-refractivity contribution in [2.75, 3.05) is 0 Å². The Morgan fingerprint density at radius 1 is 1.00 bits per heavy atom. The Bertz CT molecular complexity index is 543. The van der Waals surface area contributed by atoms with Crippen molar-refractivity contribution in [3.05, 3.63) is 60.2 Å². The first-order valence-electron chi connectivity index (χ1n) is 7.01. The highest BCUT2D eigenvalue weighted by atomic mass is 16.4. The summed E-state index contributed by atoms with van der Waals surface area (Å²) in [5.74, 6) is -0.315. The average Bonchev–Trinajstić information content (AvgIpc) is 2.47. The first-order chi connectivity index (χ1) is 9.65. The first-order valence-corrected chi connectivity index (χ1v) is 7.01. The van der Waals surface area contributed by atoms with Crippen LogP contribution in [0.25, 0.3) is 11.1 Å². The molecular weight excluding hydrogens is 248 g/mol. The lowest BCUT2D eigenvalue weighted by Crippen LogP contribution is -2.04. The van der Waals surface area contributed by atoms with Crippen LogP contribution in [0.1, 0.15) is 25.3 Å². The number of hydrogen-bond acceptors (Lipinski definition) is 1. The highest BCUT2D eigenvalue weighted by molar-refractivity contribution is 5.66. The summed E-state index contributed by atoms with van der Waals surface area (Å²) in [5.41, 5.74) is 3.70. The van der Waals surface area contributed by atoms with Gasteiger partial charge in [-0.3, -0.25) is 4.79 Å². The predicted octanol–water partition coefficient (Wildman–Crippen LogP) is 4.40. The summed E-state index contributed by atoms with van der Waals surface area (Å²) in [6, 6.07) is 18.8. The van der Waals surface area contributed by atoms with E-state index in [1.165, 1.54) is 16.7 Å². The van der Waals surface area contributed by atoms with Crippen LogP contribution in [0.4, 0.5) is 0 Å². The summed E-state index contributed by atoms with van der Waals surface area (Å²) in [6.07, 6.45) is 1.92. The molecule has 0 heterocycles. The zero-order chi connectivity index (χ0) is 14.4. The van der Waals surface area contributed by atoms with Crippen molar-refractivity contribution in [1.29, 1.82) is 0 Å². The molecule has 20 heavy (non-hydrogen) atoms. The van der Waals surface area contributed by atoms with E-state index in [0.717, 1.165) is 12.8 Å². The molecule has 1 atom stereocenters. The molecule has 2 heteroatoms. The minimum atomic E-state index is -0.712. The van der Waals surface area contributed by atoms with E-state index >= 15 is 0 Å². The Labute approximate surface area is 120 Å². The molecule has 0 aromatic heterocycles. The van der Waals surface area contributed by atoms with Gasteiger partial charge in [0.25, 0.3) is 0 Å². The summed E-state index contributed by atoms with van der Waals surface area (Å²) in [5, 5.41) is 8.69. The van der Waals surface area contributed by atoms with E-state index in [1.54, 1.807) is 0 Å². The monoisotopic (exact) mass is 268 g/mol. The second kappa shape index (κ2) is 6.90. The molecule has 2 rings (SSSR count). The van der Waals surface area contributed by atoms with Gasteiger partial charge >= 0.3 is 5.97 Å². The highest BCUT2D eigenvalue weighted by Crippen LogP contribution is 2.21. The molecule has 2 aromatic carbocycles. The smallest absolute Gasteiger partial charge is 0.303 e. The molecule has 0 aliphatic carbocycles. The summed E-state index contributed by atoms with van der Waals surface area (Å²) in [6.45, 7) is 2.11. The third kappa shape index (κ3) is 4.23. The van der Waals surface area contributed by atoms with Crippen LogP contribution in [-0.2, 0) is 11.2 Å². The molecule has 0 spiro atoms. The lowest BCUT2D eigenvalue weighted by Gasteiger charge is -2.10. The zero-order valence-corrected chi connectivity index (χ0v) is 11.8.